The second kappa shape index (κ2) is 5.40. The molecule has 0 radical (unpaired) electrons. The van der Waals surface area contributed by atoms with Gasteiger partial charge in [0.05, 0.1) is 11.7 Å². The minimum Gasteiger partial charge on any atom is -0.334 e. The van der Waals surface area contributed by atoms with Crippen LogP contribution in [0.2, 0.25) is 0 Å². The molecule has 0 fully saturated rings. The van der Waals surface area contributed by atoms with Crippen LogP contribution in [0, 0.1) is 11.7 Å². The van der Waals surface area contributed by atoms with E-state index in [2.05, 4.69) is 40.1 Å². The number of rotatable bonds is 2. The maximum atomic E-state index is 12.9. The SMILES string of the molecule is CC(C)C1CSC(Nc2ccc(F)cc2Br)=N1. The quantitative estimate of drug-likeness (QED) is 0.887. The van der Waals surface area contributed by atoms with Crippen LogP contribution in [0.1, 0.15) is 13.8 Å². The van der Waals surface area contributed by atoms with E-state index in [4.69, 9.17) is 0 Å². The third kappa shape index (κ3) is 3.22. The minimum atomic E-state index is -0.247. The van der Waals surface area contributed by atoms with E-state index in [0.29, 0.717) is 16.4 Å². The second-order valence-electron chi connectivity index (χ2n) is 4.31. The first kappa shape index (κ1) is 12.9. The van der Waals surface area contributed by atoms with Crippen molar-refractivity contribution in [3.63, 3.8) is 0 Å². The number of nitrogens with zero attached hydrogens (tertiary/aromatic N) is 1. The van der Waals surface area contributed by atoms with Crippen molar-refractivity contribution in [2.45, 2.75) is 19.9 Å². The fourth-order valence-corrected chi connectivity index (χ4v) is 3.14. The molecule has 0 amide bonds. The summed E-state index contributed by atoms with van der Waals surface area (Å²) < 4.78 is 13.7. The largest absolute Gasteiger partial charge is 0.334 e. The number of aliphatic imine (C=N–C) groups is 1. The number of anilines is 1. The average molecular weight is 317 g/mol. The molecular formula is C12H14BrFN2S. The Morgan fingerprint density at radius 2 is 2.29 bits per heavy atom. The van der Waals surface area contributed by atoms with Crippen molar-refractivity contribution < 1.29 is 4.39 Å². The summed E-state index contributed by atoms with van der Waals surface area (Å²) in [4.78, 5) is 4.60. The van der Waals surface area contributed by atoms with Gasteiger partial charge in [0, 0.05) is 10.2 Å². The zero-order chi connectivity index (χ0) is 12.4. The molecule has 1 atom stereocenters. The van der Waals surface area contributed by atoms with E-state index >= 15 is 0 Å². The topological polar surface area (TPSA) is 24.4 Å². The highest BCUT2D eigenvalue weighted by atomic mass is 79.9. The summed E-state index contributed by atoms with van der Waals surface area (Å²) in [5, 5.41) is 4.13. The molecular weight excluding hydrogens is 303 g/mol. The zero-order valence-electron chi connectivity index (χ0n) is 9.71. The van der Waals surface area contributed by atoms with Crippen LogP contribution in [0.4, 0.5) is 10.1 Å². The molecule has 0 bridgehead atoms. The van der Waals surface area contributed by atoms with Crippen LogP contribution in [-0.4, -0.2) is 17.0 Å². The van der Waals surface area contributed by atoms with Gasteiger partial charge in [0.2, 0.25) is 0 Å². The van der Waals surface area contributed by atoms with Crippen molar-refractivity contribution in [1.82, 2.24) is 0 Å². The molecule has 1 aromatic carbocycles. The molecule has 2 rings (SSSR count). The molecule has 1 aliphatic heterocycles. The van der Waals surface area contributed by atoms with E-state index < -0.39 is 0 Å². The number of halogens is 2. The molecule has 92 valence electrons. The Bertz CT molecular complexity index is 448. The van der Waals surface area contributed by atoms with Crippen LogP contribution < -0.4 is 5.32 Å². The van der Waals surface area contributed by atoms with Gasteiger partial charge in [-0.25, -0.2) is 4.39 Å². The minimum absolute atomic E-state index is 0.247. The molecule has 2 nitrogen and oxygen atoms in total. The molecule has 5 heteroatoms. The van der Waals surface area contributed by atoms with Gasteiger partial charge in [0.1, 0.15) is 5.82 Å². The Hall–Kier alpha value is -0.550. The predicted molar refractivity (Wildman–Crippen MR) is 76.2 cm³/mol. The summed E-state index contributed by atoms with van der Waals surface area (Å²) in [5.74, 6) is 1.32. The van der Waals surface area contributed by atoms with E-state index in [0.717, 1.165) is 16.6 Å². The molecule has 0 saturated carbocycles. The van der Waals surface area contributed by atoms with Crippen molar-refractivity contribution in [2.75, 3.05) is 11.1 Å². The van der Waals surface area contributed by atoms with Crippen LogP contribution in [-0.2, 0) is 0 Å². The lowest BCUT2D eigenvalue weighted by Crippen LogP contribution is -2.12. The zero-order valence-corrected chi connectivity index (χ0v) is 12.1. The van der Waals surface area contributed by atoms with Gasteiger partial charge in [-0.3, -0.25) is 4.99 Å². The van der Waals surface area contributed by atoms with Gasteiger partial charge in [0.15, 0.2) is 5.17 Å². The summed E-state index contributed by atoms with van der Waals surface area (Å²) in [5.41, 5.74) is 0.849. The lowest BCUT2D eigenvalue weighted by atomic mass is 10.1. The number of benzene rings is 1. The van der Waals surface area contributed by atoms with Gasteiger partial charge in [-0.15, -0.1) is 0 Å². The van der Waals surface area contributed by atoms with Gasteiger partial charge in [-0.1, -0.05) is 25.6 Å². The maximum absolute atomic E-state index is 12.9. The highest BCUT2D eigenvalue weighted by molar-refractivity contribution is 9.10. The fourth-order valence-electron chi connectivity index (χ4n) is 1.51. The lowest BCUT2D eigenvalue weighted by Gasteiger charge is -2.08. The van der Waals surface area contributed by atoms with Crippen molar-refractivity contribution in [3.8, 4) is 0 Å². The first-order valence-electron chi connectivity index (χ1n) is 5.49. The molecule has 1 aromatic rings. The number of nitrogens with one attached hydrogen (secondary N) is 1. The van der Waals surface area contributed by atoms with Gasteiger partial charge in [-0.2, -0.15) is 0 Å². The van der Waals surface area contributed by atoms with E-state index in [9.17, 15) is 4.39 Å². The molecule has 0 spiro atoms. The standard InChI is InChI=1S/C12H14BrFN2S/c1-7(2)11-6-17-12(16-11)15-10-4-3-8(14)5-9(10)13/h3-5,7,11H,6H2,1-2H3,(H,15,16). The van der Waals surface area contributed by atoms with Crippen LogP contribution in [0.15, 0.2) is 27.7 Å². The smallest absolute Gasteiger partial charge is 0.161 e. The third-order valence-corrected chi connectivity index (χ3v) is 4.26. The van der Waals surface area contributed by atoms with Crippen LogP contribution >= 0.6 is 27.7 Å². The summed E-state index contributed by atoms with van der Waals surface area (Å²) in [6, 6.07) is 4.97. The highest BCUT2D eigenvalue weighted by Gasteiger charge is 2.21. The Kier molecular flexibility index (Phi) is 4.09. The van der Waals surface area contributed by atoms with E-state index in [-0.39, 0.29) is 5.82 Å². The first-order valence-corrected chi connectivity index (χ1v) is 7.27. The first-order chi connectivity index (χ1) is 8.06. The van der Waals surface area contributed by atoms with Crippen molar-refractivity contribution in [1.29, 1.82) is 0 Å². The number of hydrogen-bond donors (Lipinski definition) is 1. The fraction of sp³-hybridized carbons (Fsp3) is 0.417. The second-order valence-corrected chi connectivity index (χ2v) is 6.17. The van der Waals surface area contributed by atoms with Crippen LogP contribution in [0.3, 0.4) is 0 Å². The van der Waals surface area contributed by atoms with Gasteiger partial charge in [0.25, 0.3) is 0 Å². The number of amidine groups is 1. The van der Waals surface area contributed by atoms with Gasteiger partial charge < -0.3 is 5.32 Å². The molecule has 0 saturated heterocycles. The molecule has 1 unspecified atom stereocenters. The Morgan fingerprint density at radius 1 is 1.53 bits per heavy atom. The predicted octanol–water partition coefficient (Wildman–Crippen LogP) is 4.13. The summed E-state index contributed by atoms with van der Waals surface area (Å²) in [6.07, 6.45) is 0. The van der Waals surface area contributed by atoms with Crippen LogP contribution in [0.5, 0.6) is 0 Å². The Balaban J connectivity index is 2.09. The van der Waals surface area contributed by atoms with E-state index in [1.165, 1.54) is 12.1 Å². The highest BCUT2D eigenvalue weighted by Crippen LogP contribution is 2.28. The summed E-state index contributed by atoms with van der Waals surface area (Å²) in [7, 11) is 0. The van der Waals surface area contributed by atoms with E-state index in [1.54, 1.807) is 17.8 Å². The molecule has 0 aliphatic carbocycles. The number of thioether (sulfide) groups is 1. The molecule has 1 N–H and O–H groups in total. The summed E-state index contributed by atoms with van der Waals surface area (Å²) in [6.45, 7) is 4.34. The molecule has 1 heterocycles. The third-order valence-electron chi connectivity index (χ3n) is 2.62. The molecule has 0 aromatic heterocycles. The lowest BCUT2D eigenvalue weighted by molar-refractivity contribution is 0.543. The van der Waals surface area contributed by atoms with Crippen molar-refractivity contribution in [2.24, 2.45) is 10.9 Å². The monoisotopic (exact) mass is 316 g/mol. The molecule has 1 aliphatic rings. The van der Waals surface area contributed by atoms with E-state index in [1.807, 2.05) is 0 Å². The Morgan fingerprint density at radius 3 is 2.88 bits per heavy atom. The Labute approximate surface area is 113 Å². The maximum Gasteiger partial charge on any atom is 0.161 e. The van der Waals surface area contributed by atoms with Crippen LogP contribution in [0.25, 0.3) is 0 Å². The van der Waals surface area contributed by atoms with Gasteiger partial charge >= 0.3 is 0 Å². The normalized spacial score (nSPS) is 19.6. The van der Waals surface area contributed by atoms with Crippen molar-refractivity contribution in [3.05, 3.63) is 28.5 Å². The van der Waals surface area contributed by atoms with Crippen molar-refractivity contribution >= 4 is 38.5 Å². The average Bonchev–Trinajstić information content (AvgIpc) is 2.71. The number of hydrogen-bond acceptors (Lipinski definition) is 3. The molecule has 17 heavy (non-hydrogen) atoms. The van der Waals surface area contributed by atoms with Gasteiger partial charge in [-0.05, 0) is 40.0 Å². The summed E-state index contributed by atoms with van der Waals surface area (Å²) >= 11 is 5.04.